The predicted octanol–water partition coefficient (Wildman–Crippen LogP) is 2.69. The first-order valence-electron chi connectivity index (χ1n) is 13.1. The summed E-state index contributed by atoms with van der Waals surface area (Å²) in [6, 6.07) is -0.459. The number of amides is 3. The number of carbonyl (C=O) groups excluding carboxylic acids is 2. The zero-order valence-corrected chi connectivity index (χ0v) is 22.7. The van der Waals surface area contributed by atoms with E-state index in [-0.39, 0.29) is 24.6 Å². The molecule has 5 rings (SSSR count). The van der Waals surface area contributed by atoms with Gasteiger partial charge in [-0.2, -0.15) is 13.2 Å². The van der Waals surface area contributed by atoms with Crippen molar-refractivity contribution in [1.29, 1.82) is 0 Å². The number of pyridine rings is 1. The van der Waals surface area contributed by atoms with Crippen LogP contribution in [0.5, 0.6) is 5.75 Å². The molecule has 11 nitrogen and oxygen atoms in total. The Balaban J connectivity index is 1.26. The van der Waals surface area contributed by atoms with Crippen LogP contribution in [-0.2, 0) is 14.3 Å². The third-order valence-corrected chi connectivity index (χ3v) is 7.22. The second-order valence-electron chi connectivity index (χ2n) is 10.8. The number of hydrogen-bond donors (Lipinski definition) is 3. The average Bonchev–Trinajstić information content (AvgIpc) is 3.45. The summed E-state index contributed by atoms with van der Waals surface area (Å²) in [5.41, 5.74) is 1.45. The molecule has 2 bridgehead atoms. The summed E-state index contributed by atoms with van der Waals surface area (Å²) in [4.78, 5) is 34.1. The maximum Gasteiger partial charge on any atom is 0.408 e. The summed E-state index contributed by atoms with van der Waals surface area (Å²) in [5.74, 6) is -0.310. The zero-order chi connectivity index (χ0) is 28.8. The number of nitrogens with zero attached hydrogens (tertiary/aromatic N) is 3. The number of urea groups is 1. The first-order valence-corrected chi connectivity index (χ1v) is 13.1. The van der Waals surface area contributed by atoms with E-state index < -0.39 is 36.0 Å². The van der Waals surface area contributed by atoms with Gasteiger partial charge in [0.05, 0.1) is 24.5 Å². The van der Waals surface area contributed by atoms with E-state index in [4.69, 9.17) is 14.2 Å². The van der Waals surface area contributed by atoms with Crippen molar-refractivity contribution in [3.8, 4) is 5.75 Å². The van der Waals surface area contributed by atoms with E-state index in [1.54, 1.807) is 25.1 Å². The first kappa shape index (κ1) is 28.0. The van der Waals surface area contributed by atoms with Gasteiger partial charge in [-0.3, -0.25) is 15.0 Å². The van der Waals surface area contributed by atoms with E-state index in [9.17, 15) is 22.8 Å². The molecule has 1 aromatic heterocycles. The number of allylic oxidation sites excluding steroid dienone is 1. The summed E-state index contributed by atoms with van der Waals surface area (Å²) in [6.45, 7) is 8.35. The zero-order valence-electron chi connectivity index (χ0n) is 22.7. The molecular formula is C26H33F3N6O5. The van der Waals surface area contributed by atoms with Crippen molar-refractivity contribution in [3.05, 3.63) is 41.5 Å². The maximum absolute atomic E-state index is 13.5. The number of ether oxygens (including phenoxy) is 3. The van der Waals surface area contributed by atoms with Crippen molar-refractivity contribution in [2.75, 3.05) is 31.6 Å². The van der Waals surface area contributed by atoms with Crippen LogP contribution in [-0.4, -0.2) is 89.2 Å². The van der Waals surface area contributed by atoms with Crippen molar-refractivity contribution < 1.29 is 37.0 Å². The van der Waals surface area contributed by atoms with Crippen LogP contribution in [0.1, 0.15) is 34.1 Å². The lowest BCUT2D eigenvalue weighted by Crippen LogP contribution is -2.57. The molecule has 14 heteroatoms. The highest BCUT2D eigenvalue weighted by Crippen LogP contribution is 2.36. The largest absolute Gasteiger partial charge is 0.489 e. The number of nitrogens with one attached hydrogen (secondary N) is 3. The fourth-order valence-corrected chi connectivity index (χ4v) is 5.23. The average molecular weight is 567 g/mol. The molecule has 218 valence electrons. The number of anilines is 1. The molecule has 1 aromatic rings. The van der Waals surface area contributed by atoms with Crippen LogP contribution in [0.3, 0.4) is 0 Å². The molecule has 3 amide bonds. The summed E-state index contributed by atoms with van der Waals surface area (Å²) in [7, 11) is 0. The van der Waals surface area contributed by atoms with Gasteiger partial charge >= 0.3 is 12.2 Å². The van der Waals surface area contributed by atoms with Crippen molar-refractivity contribution in [2.45, 2.75) is 70.3 Å². The number of alkyl halides is 3. The molecule has 0 aliphatic carbocycles. The summed E-state index contributed by atoms with van der Waals surface area (Å²) in [6.07, 6.45) is -1.01. The molecule has 2 fully saturated rings. The summed E-state index contributed by atoms with van der Waals surface area (Å²) < 4.78 is 56.0. The van der Waals surface area contributed by atoms with E-state index in [1.807, 2.05) is 19.2 Å². The lowest BCUT2D eigenvalue weighted by atomic mass is 10.0. The Labute approximate surface area is 229 Å². The minimum atomic E-state index is -4.57. The quantitative estimate of drug-likeness (QED) is 0.482. The second kappa shape index (κ2) is 10.5. The normalized spacial score (nSPS) is 26.1. The highest BCUT2D eigenvalue weighted by molar-refractivity contribution is 5.91. The predicted molar refractivity (Wildman–Crippen MR) is 137 cm³/mol. The Morgan fingerprint density at radius 1 is 1.32 bits per heavy atom. The molecule has 0 aromatic carbocycles. The maximum atomic E-state index is 13.5. The van der Waals surface area contributed by atoms with Crippen LogP contribution >= 0.6 is 0 Å². The van der Waals surface area contributed by atoms with E-state index >= 15 is 0 Å². The Morgan fingerprint density at radius 2 is 2.10 bits per heavy atom. The Morgan fingerprint density at radius 3 is 2.75 bits per heavy atom. The number of rotatable bonds is 6. The molecule has 4 aliphatic heterocycles. The molecule has 1 unspecified atom stereocenters. The molecule has 0 radical (unpaired) electrons. The number of hydrogen-bond acceptors (Lipinski definition) is 8. The highest BCUT2D eigenvalue weighted by Gasteiger charge is 2.45. The van der Waals surface area contributed by atoms with Gasteiger partial charge in [0.15, 0.2) is 5.79 Å². The van der Waals surface area contributed by atoms with E-state index in [1.165, 1.54) is 11.1 Å². The van der Waals surface area contributed by atoms with E-state index in [0.29, 0.717) is 43.3 Å². The van der Waals surface area contributed by atoms with Crippen molar-refractivity contribution in [3.63, 3.8) is 0 Å². The van der Waals surface area contributed by atoms with Crippen LogP contribution < -0.4 is 20.7 Å². The minimum Gasteiger partial charge on any atom is -0.489 e. The summed E-state index contributed by atoms with van der Waals surface area (Å²) >= 11 is 0. The lowest BCUT2D eigenvalue weighted by molar-refractivity contribution is -0.158. The molecule has 3 N–H and O–H groups in total. The standard InChI is InChI=1S/C26H33F3N6O5/c1-14-9-19(23(36)31-15(2)26(27,28)29)32-22-21(14)34-8-7-16(11-34)35(22)24(37)33-20-6-5-17(10-30-20)38-12-18-13-39-25(3,4)40-18/h5-6,9-10,15-16,18-19,32H,7-8,11-13H2,1-4H3,(H,31,36)(H,30,33,37)/t15-,16+,18-,19?/m1/s1. The summed E-state index contributed by atoms with van der Waals surface area (Å²) in [5, 5.41) is 7.79. The molecule has 40 heavy (non-hydrogen) atoms. The van der Waals surface area contributed by atoms with Gasteiger partial charge < -0.3 is 29.7 Å². The van der Waals surface area contributed by atoms with Crippen LogP contribution in [0.15, 0.2) is 41.5 Å². The van der Waals surface area contributed by atoms with Gasteiger partial charge in [0, 0.05) is 13.1 Å². The molecule has 0 saturated carbocycles. The van der Waals surface area contributed by atoms with Crippen LogP contribution in [0, 0.1) is 0 Å². The SMILES string of the molecule is CC1=CC(C(=O)N[C@H](C)C(F)(F)F)NC2=C1N1CC[C@@H](C1)N2C(=O)Nc1ccc(OC[C@@H]2COC(C)(C)O2)cn1. The van der Waals surface area contributed by atoms with Gasteiger partial charge in [-0.1, -0.05) is 0 Å². The minimum absolute atomic E-state index is 0.185. The molecular weight excluding hydrogens is 533 g/mol. The Bertz CT molecular complexity index is 1220. The molecule has 5 heterocycles. The first-order chi connectivity index (χ1) is 18.8. The van der Waals surface area contributed by atoms with Gasteiger partial charge in [-0.15, -0.1) is 0 Å². The van der Waals surface area contributed by atoms with Crippen LogP contribution in [0.25, 0.3) is 0 Å². The molecule has 4 aliphatic rings. The molecule has 4 atom stereocenters. The van der Waals surface area contributed by atoms with Gasteiger partial charge in [0.1, 0.15) is 42.2 Å². The number of aromatic nitrogens is 1. The molecule has 2 saturated heterocycles. The Hall–Kier alpha value is -3.52. The van der Waals surface area contributed by atoms with Crippen LogP contribution in [0.2, 0.25) is 0 Å². The van der Waals surface area contributed by atoms with Crippen molar-refractivity contribution in [1.82, 2.24) is 25.4 Å². The van der Waals surface area contributed by atoms with Gasteiger partial charge in [-0.25, -0.2) is 9.78 Å². The number of halogens is 3. The number of carbonyl (C=O) groups is 2. The third-order valence-electron chi connectivity index (χ3n) is 7.22. The smallest absolute Gasteiger partial charge is 0.408 e. The number of dihydropyridines is 1. The Kier molecular flexibility index (Phi) is 7.33. The van der Waals surface area contributed by atoms with Crippen molar-refractivity contribution >= 4 is 17.8 Å². The number of fused-ring (bicyclic) bond motifs is 3. The second-order valence-corrected chi connectivity index (χ2v) is 10.8. The van der Waals surface area contributed by atoms with Gasteiger partial charge in [-0.05, 0) is 57.9 Å². The van der Waals surface area contributed by atoms with Crippen molar-refractivity contribution in [2.24, 2.45) is 0 Å². The fourth-order valence-electron chi connectivity index (χ4n) is 5.23. The van der Waals surface area contributed by atoms with E-state index in [0.717, 1.165) is 12.6 Å². The highest BCUT2D eigenvalue weighted by atomic mass is 19.4. The van der Waals surface area contributed by atoms with Gasteiger partial charge in [0.25, 0.3) is 0 Å². The van der Waals surface area contributed by atoms with Gasteiger partial charge in [0.2, 0.25) is 5.91 Å². The molecule has 0 spiro atoms. The van der Waals surface area contributed by atoms with Crippen LogP contribution in [0.4, 0.5) is 23.8 Å². The topological polar surface area (TPSA) is 117 Å². The lowest BCUT2D eigenvalue weighted by Gasteiger charge is -2.42. The monoisotopic (exact) mass is 566 g/mol. The van der Waals surface area contributed by atoms with E-state index in [2.05, 4.69) is 20.5 Å². The third kappa shape index (κ3) is 5.82. The fraction of sp³-hybridized carbons (Fsp3) is 0.577.